The monoisotopic (exact) mass is 661 g/mol. The number of carbonyl (C=O) groups is 4. The number of nitrogens with two attached hydrogens (primary N) is 1. The third-order valence-corrected chi connectivity index (χ3v) is 7.27. The lowest BCUT2D eigenvalue weighted by Gasteiger charge is -2.38. The minimum absolute atomic E-state index is 0.105. The van der Waals surface area contributed by atoms with Crippen molar-refractivity contribution in [2.24, 2.45) is 11.7 Å². The number of nitrogens with one attached hydrogen (secondary N) is 2. The molecule has 7 N–H and O–H groups in total. The van der Waals surface area contributed by atoms with Gasteiger partial charge in [-0.05, 0) is 30.7 Å². The molecule has 2 aliphatic rings. The lowest BCUT2D eigenvalue weighted by molar-refractivity contribution is -0.527. The molecule has 0 radical (unpaired) electrons. The zero-order valence-electron chi connectivity index (χ0n) is 25.3. The Labute approximate surface area is 266 Å². The van der Waals surface area contributed by atoms with Crippen molar-refractivity contribution in [2.45, 2.75) is 69.9 Å². The van der Waals surface area contributed by atoms with E-state index in [1.165, 1.54) is 39.1 Å². The fourth-order valence-electron chi connectivity index (χ4n) is 4.51. The van der Waals surface area contributed by atoms with Gasteiger partial charge in [0.1, 0.15) is 30.1 Å². The molecule has 1 aromatic carbocycles. The first-order chi connectivity index (χ1) is 22.0. The second-order valence-electron chi connectivity index (χ2n) is 11.0. The number of pyridine rings is 1. The Morgan fingerprint density at radius 2 is 2.00 bits per heavy atom. The average Bonchev–Trinajstić information content (AvgIpc) is 3.75. The number of carbonyl (C=O) groups excluding carboxylic acids is 4. The number of ketones is 2. The first-order valence-electron chi connectivity index (χ1n) is 14.2. The molecule has 252 valence electrons. The summed E-state index contributed by atoms with van der Waals surface area (Å²) in [5.41, 5.74) is 2.88. The first kappa shape index (κ1) is 35.2. The zero-order valence-corrected chi connectivity index (χ0v) is 25.3. The van der Waals surface area contributed by atoms with Crippen LogP contribution >= 0.6 is 0 Å². The van der Waals surface area contributed by atoms with Crippen LogP contribution < -0.4 is 21.1 Å². The van der Waals surface area contributed by atoms with Gasteiger partial charge in [0.05, 0.1) is 11.1 Å². The van der Waals surface area contributed by atoms with Crippen LogP contribution in [0.25, 0.3) is 0 Å². The van der Waals surface area contributed by atoms with Gasteiger partial charge in [-0.25, -0.2) is 23.7 Å². The molecule has 2 amide bonds. The van der Waals surface area contributed by atoms with Crippen molar-refractivity contribution in [1.82, 2.24) is 10.3 Å². The number of halogens is 1. The van der Waals surface area contributed by atoms with Crippen LogP contribution in [0.3, 0.4) is 0 Å². The second-order valence-corrected chi connectivity index (χ2v) is 11.0. The van der Waals surface area contributed by atoms with E-state index in [1.54, 1.807) is 0 Å². The fraction of sp³-hybridized carbons (Fsp3) is 0.448. The molecule has 0 unspecified atom stereocenters. The van der Waals surface area contributed by atoms with E-state index in [9.17, 15) is 34.5 Å². The van der Waals surface area contributed by atoms with Gasteiger partial charge in [-0.15, -0.1) is 0 Å². The topological polar surface area (TPSA) is 262 Å². The summed E-state index contributed by atoms with van der Waals surface area (Å²) in [6, 6.07) is 5.17. The molecular weight excluding hydrogens is 629 g/mol. The van der Waals surface area contributed by atoms with Crippen LogP contribution in [-0.4, -0.2) is 74.4 Å². The summed E-state index contributed by atoms with van der Waals surface area (Å²) in [5.74, 6) is -10.6. The molecular formula is C29H32FN5O12. The Bertz CT molecular complexity index is 1600. The molecule has 1 saturated heterocycles. The molecule has 0 spiro atoms. The minimum atomic E-state index is -4.04. The highest BCUT2D eigenvalue weighted by Crippen LogP contribution is 2.48. The largest absolute Gasteiger partial charge is 0.460 e. The summed E-state index contributed by atoms with van der Waals surface area (Å²) < 4.78 is 30.5. The van der Waals surface area contributed by atoms with Crippen molar-refractivity contribution in [3.8, 4) is 11.8 Å². The molecule has 4 rings (SSSR count). The second kappa shape index (κ2) is 13.6. The molecule has 4 atom stereocenters. The van der Waals surface area contributed by atoms with Gasteiger partial charge < -0.3 is 25.4 Å². The molecule has 2 fully saturated rings. The van der Waals surface area contributed by atoms with Gasteiger partial charge in [0.15, 0.2) is 5.78 Å². The Morgan fingerprint density at radius 3 is 2.62 bits per heavy atom. The third kappa shape index (κ3) is 7.86. The van der Waals surface area contributed by atoms with Gasteiger partial charge in [0.25, 0.3) is 0 Å². The van der Waals surface area contributed by atoms with Gasteiger partial charge in [0.2, 0.25) is 11.5 Å². The Kier molecular flexibility index (Phi) is 10.2. The Morgan fingerprint density at radius 1 is 1.28 bits per heavy atom. The highest BCUT2D eigenvalue weighted by atomic mass is 19.1. The number of hydrogen-bond donors (Lipinski definition) is 6. The van der Waals surface area contributed by atoms with Gasteiger partial charge in [-0.1, -0.05) is 20.8 Å². The lowest BCUT2D eigenvalue weighted by atomic mass is 10.00. The van der Waals surface area contributed by atoms with Crippen molar-refractivity contribution in [2.75, 3.05) is 11.9 Å². The summed E-state index contributed by atoms with van der Waals surface area (Å²) in [7, 11) is 0. The molecule has 17 nitrogen and oxygen atoms in total. The molecule has 47 heavy (non-hydrogen) atoms. The summed E-state index contributed by atoms with van der Waals surface area (Å²) in [4.78, 5) is 63.9. The van der Waals surface area contributed by atoms with Crippen LogP contribution in [0.4, 0.5) is 15.0 Å². The van der Waals surface area contributed by atoms with Crippen molar-refractivity contribution in [1.29, 1.82) is 5.26 Å². The van der Waals surface area contributed by atoms with Gasteiger partial charge in [0, 0.05) is 42.5 Å². The number of aromatic nitrogens is 1. The number of hydrogen-bond acceptors (Lipinski definition) is 15. The van der Waals surface area contributed by atoms with E-state index >= 15 is 4.39 Å². The normalized spacial score (nSPS) is 24.7. The minimum Gasteiger partial charge on any atom is -0.415 e. The Hall–Kier alpha value is -4.61. The number of anilines is 1. The number of amides is 2. The van der Waals surface area contributed by atoms with E-state index in [0.717, 1.165) is 12.1 Å². The number of benzene rings is 1. The number of ether oxygens (including phenoxy) is 3. The number of nitriles is 1. The molecule has 1 saturated carbocycles. The predicted molar refractivity (Wildman–Crippen MR) is 152 cm³/mol. The van der Waals surface area contributed by atoms with E-state index < -0.39 is 83.9 Å². The molecule has 1 aliphatic heterocycles. The SMILES string of the molecule is CCC(=O)c1ccc(F)c([C@@H]2C[C@@H]2NC(=O)Nc2ccc(C#N)cn2)c1OC(O)(O)O[C@@]1(O)O[C@@](N)(C(C)C)C(=O)OOCCC1=O. The standard InChI is InChI=1S/C29H32FN5O12/c1-4-20(36)16-6-7-18(30)23(17-11-19(17)34-26(39)35-22-8-5-15(12-31)13-33-22)24(16)44-29(41,42)47-28(40)21(37)9-10-43-45-25(38)27(32,46-28)14(2)3/h5-8,13-14,17,19,40-42H,4,9-11,32H2,1-3H3,(H2,33,34,35,39)/t17-,19+,27+,28+/m1/s1. The van der Waals surface area contributed by atoms with E-state index in [0.29, 0.717) is 0 Å². The van der Waals surface area contributed by atoms with Crippen molar-refractivity contribution < 1.29 is 62.9 Å². The maximum atomic E-state index is 15.4. The van der Waals surface area contributed by atoms with E-state index in [4.69, 9.17) is 25.2 Å². The molecule has 18 heteroatoms. The van der Waals surface area contributed by atoms with Crippen LogP contribution in [0.5, 0.6) is 5.75 Å². The van der Waals surface area contributed by atoms with E-state index in [-0.39, 0.29) is 35.3 Å². The van der Waals surface area contributed by atoms with Crippen molar-refractivity contribution in [3.05, 3.63) is 53.0 Å². The van der Waals surface area contributed by atoms with E-state index in [2.05, 4.69) is 25.4 Å². The molecule has 0 bridgehead atoms. The van der Waals surface area contributed by atoms with Crippen LogP contribution in [0.1, 0.15) is 67.4 Å². The highest BCUT2D eigenvalue weighted by molar-refractivity contribution is 5.99. The highest BCUT2D eigenvalue weighted by Gasteiger charge is 2.57. The fourth-order valence-corrected chi connectivity index (χ4v) is 4.51. The quantitative estimate of drug-likeness (QED) is 0.117. The van der Waals surface area contributed by atoms with Crippen LogP contribution in [0.2, 0.25) is 0 Å². The average molecular weight is 662 g/mol. The van der Waals surface area contributed by atoms with Gasteiger partial charge >= 0.3 is 24.1 Å². The Balaban J connectivity index is 1.62. The third-order valence-electron chi connectivity index (χ3n) is 7.27. The number of Topliss-reactive ketones (excluding diaryl/α,β-unsaturated/α-hetero) is 2. The number of nitrogens with zero attached hydrogens (tertiary/aromatic N) is 2. The molecule has 1 aliphatic carbocycles. The van der Waals surface area contributed by atoms with Crippen molar-refractivity contribution >= 4 is 29.4 Å². The summed E-state index contributed by atoms with van der Waals surface area (Å²) in [5, 5.41) is 46.7. The van der Waals surface area contributed by atoms with Crippen LogP contribution in [0.15, 0.2) is 30.5 Å². The zero-order chi connectivity index (χ0) is 34.7. The molecule has 2 aromatic rings. The smallest absolute Gasteiger partial charge is 0.415 e. The van der Waals surface area contributed by atoms with Gasteiger partial charge in [-0.3, -0.25) is 30.3 Å². The van der Waals surface area contributed by atoms with Crippen LogP contribution in [-0.2, 0) is 28.8 Å². The summed E-state index contributed by atoms with van der Waals surface area (Å²) in [6.07, 6.45) is -3.59. The van der Waals surface area contributed by atoms with Crippen molar-refractivity contribution in [3.63, 3.8) is 0 Å². The first-order valence-corrected chi connectivity index (χ1v) is 14.2. The summed E-state index contributed by atoms with van der Waals surface area (Å²) >= 11 is 0. The maximum Gasteiger partial charge on any atom is 0.460 e. The van der Waals surface area contributed by atoms with E-state index in [1.807, 2.05) is 6.07 Å². The number of rotatable bonds is 10. The number of aliphatic hydroxyl groups is 3. The van der Waals surface area contributed by atoms with Crippen LogP contribution in [0, 0.1) is 23.1 Å². The molecule has 2 heterocycles. The number of urea groups is 1. The molecule has 1 aromatic heterocycles. The lowest BCUT2D eigenvalue weighted by Crippen LogP contribution is -2.64. The maximum absolute atomic E-state index is 15.4. The van der Waals surface area contributed by atoms with Gasteiger partial charge in [-0.2, -0.15) is 10.1 Å². The predicted octanol–water partition coefficient (Wildman–Crippen LogP) is 0.775. The summed E-state index contributed by atoms with van der Waals surface area (Å²) in [6.45, 7) is 3.54.